The van der Waals surface area contributed by atoms with Crippen LogP contribution in [0.3, 0.4) is 0 Å². The fourth-order valence-electron chi connectivity index (χ4n) is 6.38. The number of hydrogen-bond donors (Lipinski definition) is 4. The number of carbonyl (C=O) groups is 2. The van der Waals surface area contributed by atoms with E-state index in [4.69, 9.17) is 10.5 Å². The van der Waals surface area contributed by atoms with E-state index >= 15 is 0 Å². The lowest BCUT2D eigenvalue weighted by molar-refractivity contribution is -0.114. The molecule has 1 spiro atoms. The Labute approximate surface area is 220 Å². The first kappa shape index (κ1) is 24.2. The summed E-state index contributed by atoms with van der Waals surface area (Å²) in [6, 6.07) is 7.05. The number of allylic oxidation sites excluding steroid dienone is 3. The zero-order valence-electron chi connectivity index (χ0n) is 21.3. The SMILES string of the molecule is CNC.NC(=O)C1=C(O)C[C@@H]2CC3Cc4c(/C=N/n5cccc5)ccc(O)c4C(=O)C3=C3O[C@]32C1=C1CC1. The molecule has 5 N–H and O–H groups in total. The van der Waals surface area contributed by atoms with Crippen molar-refractivity contribution in [2.75, 3.05) is 14.1 Å². The molecule has 1 saturated heterocycles. The number of nitrogens with one attached hydrogen (secondary N) is 1. The maximum absolute atomic E-state index is 13.8. The van der Waals surface area contributed by atoms with Gasteiger partial charge < -0.3 is 26.0 Å². The highest BCUT2D eigenvalue weighted by molar-refractivity contribution is 6.15. The summed E-state index contributed by atoms with van der Waals surface area (Å²) in [4.78, 5) is 26.1. The molecule has 2 fully saturated rings. The van der Waals surface area contributed by atoms with E-state index in [0.29, 0.717) is 29.7 Å². The lowest BCUT2D eigenvalue weighted by Crippen LogP contribution is -2.41. The number of carbonyl (C=O) groups excluding carboxylic acids is 2. The molecule has 4 aliphatic carbocycles. The number of ether oxygens (including phenoxy) is 1. The minimum absolute atomic E-state index is 0.0144. The lowest BCUT2D eigenvalue weighted by Gasteiger charge is -2.38. The maximum atomic E-state index is 13.8. The minimum atomic E-state index is -0.857. The summed E-state index contributed by atoms with van der Waals surface area (Å²) < 4.78 is 7.94. The lowest BCUT2D eigenvalue weighted by atomic mass is 9.61. The van der Waals surface area contributed by atoms with E-state index in [2.05, 4.69) is 10.4 Å². The third-order valence-electron chi connectivity index (χ3n) is 7.97. The number of primary amides is 1. The van der Waals surface area contributed by atoms with E-state index in [1.165, 1.54) is 6.07 Å². The molecular weight excluding hydrogens is 484 g/mol. The van der Waals surface area contributed by atoms with Gasteiger partial charge in [0, 0.05) is 35.9 Å². The number of aliphatic hydroxyl groups is 1. The molecule has 1 amide bonds. The summed E-state index contributed by atoms with van der Waals surface area (Å²) in [6.45, 7) is 0. The average Bonchev–Trinajstić information content (AvgIpc) is 3.78. The molecule has 1 aromatic heterocycles. The van der Waals surface area contributed by atoms with Crippen LogP contribution in [-0.2, 0) is 16.0 Å². The number of aromatic nitrogens is 1. The number of hydrogen-bond acceptors (Lipinski definition) is 7. The van der Waals surface area contributed by atoms with Crippen LogP contribution >= 0.6 is 0 Å². The van der Waals surface area contributed by atoms with Gasteiger partial charge in [-0.25, -0.2) is 4.68 Å². The zero-order chi connectivity index (χ0) is 26.8. The van der Waals surface area contributed by atoms with Crippen molar-refractivity contribution in [3.63, 3.8) is 0 Å². The van der Waals surface area contributed by atoms with Crippen molar-refractivity contribution in [3.8, 4) is 5.75 Å². The Kier molecular flexibility index (Phi) is 5.57. The fourth-order valence-corrected chi connectivity index (χ4v) is 6.38. The molecule has 0 radical (unpaired) electrons. The first-order valence-corrected chi connectivity index (χ1v) is 12.9. The number of rotatable bonds is 3. The number of aromatic hydroxyl groups is 1. The fraction of sp³-hybridized carbons (Fsp3) is 0.345. The summed E-state index contributed by atoms with van der Waals surface area (Å²) in [5.74, 6) is -0.570. The van der Waals surface area contributed by atoms with Crippen molar-refractivity contribution in [2.24, 2.45) is 22.7 Å². The van der Waals surface area contributed by atoms with Gasteiger partial charge in [0.2, 0.25) is 0 Å². The van der Waals surface area contributed by atoms with Crippen LogP contribution in [0.1, 0.15) is 47.2 Å². The Balaban J connectivity index is 0.000000843. The van der Waals surface area contributed by atoms with Crippen molar-refractivity contribution in [3.05, 3.63) is 87.2 Å². The highest BCUT2D eigenvalue weighted by atomic mass is 16.6. The molecular formula is C29H30N4O5. The zero-order valence-corrected chi connectivity index (χ0v) is 21.3. The summed E-state index contributed by atoms with van der Waals surface area (Å²) in [5, 5.41) is 28.6. The third-order valence-corrected chi connectivity index (χ3v) is 7.97. The van der Waals surface area contributed by atoms with Crippen LogP contribution in [0, 0.1) is 11.8 Å². The van der Waals surface area contributed by atoms with Gasteiger partial charge in [-0.15, -0.1) is 0 Å². The predicted octanol–water partition coefficient (Wildman–Crippen LogP) is 3.10. The molecule has 1 aromatic carbocycles. The van der Waals surface area contributed by atoms with E-state index in [0.717, 1.165) is 29.5 Å². The molecule has 0 bridgehead atoms. The monoisotopic (exact) mass is 514 g/mol. The van der Waals surface area contributed by atoms with E-state index in [-0.39, 0.29) is 46.7 Å². The molecule has 196 valence electrons. The second-order valence-electron chi connectivity index (χ2n) is 10.4. The van der Waals surface area contributed by atoms with Gasteiger partial charge in [0.15, 0.2) is 17.1 Å². The minimum Gasteiger partial charge on any atom is -0.511 e. The summed E-state index contributed by atoms with van der Waals surface area (Å²) in [7, 11) is 3.75. The van der Waals surface area contributed by atoms with Crippen LogP contribution in [0.25, 0.3) is 0 Å². The number of ketones is 1. The number of phenolic OH excluding ortho intramolecular Hbond substituents is 1. The van der Waals surface area contributed by atoms with Crippen LogP contribution in [-0.4, -0.2) is 52.5 Å². The van der Waals surface area contributed by atoms with E-state index in [1.54, 1.807) is 17.0 Å². The standard InChI is InChI=1S/C27H23N3O5.C2H7N/c28-26(34)22-19(32)11-16-9-15-10-17-14(12-29-30-7-1-2-8-30)5-6-18(31)21(17)24(33)20(15)25-27(16,35-25)23(22)13-3-4-13;1-3-2/h1-2,5-8,12,15-16,31-32H,3-4,9-11H2,(H2,28,34);3H,1-2H3/b29-12+;/t15?,16-,27+;/m0./s1. The van der Waals surface area contributed by atoms with Crippen LogP contribution in [0.15, 0.2) is 75.6 Å². The quantitative estimate of drug-likeness (QED) is 0.366. The summed E-state index contributed by atoms with van der Waals surface area (Å²) in [6.07, 6.45) is 8.45. The van der Waals surface area contributed by atoms with E-state index in [9.17, 15) is 19.8 Å². The van der Waals surface area contributed by atoms with E-state index < -0.39 is 11.5 Å². The number of nitrogens with two attached hydrogens (primary N) is 1. The first-order valence-electron chi connectivity index (χ1n) is 12.9. The number of fused-ring (bicyclic) bond motifs is 2. The highest BCUT2D eigenvalue weighted by Crippen LogP contribution is 2.68. The van der Waals surface area contributed by atoms with Gasteiger partial charge in [-0.05, 0) is 81.1 Å². The van der Waals surface area contributed by atoms with Gasteiger partial charge in [0.1, 0.15) is 11.5 Å². The Bertz CT molecular complexity index is 1490. The number of amides is 1. The Morgan fingerprint density at radius 2 is 1.92 bits per heavy atom. The topological polar surface area (TPSA) is 142 Å². The molecule has 2 aromatic rings. The number of phenols is 1. The predicted molar refractivity (Wildman–Crippen MR) is 141 cm³/mol. The maximum Gasteiger partial charge on any atom is 0.252 e. The van der Waals surface area contributed by atoms with Crippen LogP contribution in [0.2, 0.25) is 0 Å². The Morgan fingerprint density at radius 3 is 2.58 bits per heavy atom. The second-order valence-corrected chi connectivity index (χ2v) is 10.4. The Morgan fingerprint density at radius 1 is 1.21 bits per heavy atom. The number of aliphatic hydroxyl groups excluding tert-OH is 1. The summed E-state index contributed by atoms with van der Waals surface area (Å²) in [5.41, 5.74) is 9.09. The summed E-state index contributed by atoms with van der Waals surface area (Å²) >= 11 is 0. The van der Waals surface area contributed by atoms with E-state index in [1.807, 2.05) is 38.6 Å². The van der Waals surface area contributed by atoms with Crippen molar-refractivity contribution in [1.82, 2.24) is 9.99 Å². The number of Topliss-reactive ketones (excluding diaryl/α,β-unsaturated/α-hetero) is 1. The van der Waals surface area contributed by atoms with Crippen molar-refractivity contribution in [2.45, 2.75) is 37.7 Å². The third kappa shape index (κ3) is 3.53. The van der Waals surface area contributed by atoms with Gasteiger partial charge in [0.05, 0.1) is 17.4 Å². The molecule has 1 saturated carbocycles. The van der Waals surface area contributed by atoms with Crippen molar-refractivity contribution in [1.29, 1.82) is 0 Å². The molecule has 5 aliphatic rings. The largest absolute Gasteiger partial charge is 0.511 e. The normalized spacial score (nSPS) is 26.6. The Hall–Kier alpha value is -4.11. The second kappa shape index (κ2) is 8.73. The van der Waals surface area contributed by atoms with Gasteiger partial charge in [-0.3, -0.25) is 9.59 Å². The number of nitrogens with zero attached hydrogens (tertiary/aromatic N) is 2. The van der Waals surface area contributed by atoms with Crippen molar-refractivity contribution >= 4 is 17.9 Å². The molecule has 1 aliphatic heterocycles. The van der Waals surface area contributed by atoms with Crippen molar-refractivity contribution < 1.29 is 24.5 Å². The molecule has 9 nitrogen and oxygen atoms in total. The van der Waals surface area contributed by atoms with Crippen LogP contribution in [0.5, 0.6) is 5.75 Å². The molecule has 1 unspecified atom stereocenters. The average molecular weight is 515 g/mol. The highest BCUT2D eigenvalue weighted by Gasteiger charge is 2.70. The smallest absolute Gasteiger partial charge is 0.252 e. The molecule has 3 atom stereocenters. The van der Waals surface area contributed by atoms with Gasteiger partial charge >= 0.3 is 0 Å². The van der Waals surface area contributed by atoms with Crippen LogP contribution < -0.4 is 11.1 Å². The van der Waals surface area contributed by atoms with Gasteiger partial charge in [-0.1, -0.05) is 5.57 Å². The molecule has 38 heavy (non-hydrogen) atoms. The number of epoxide rings is 1. The van der Waals surface area contributed by atoms with Gasteiger partial charge in [-0.2, -0.15) is 5.10 Å². The molecule has 7 rings (SSSR count). The van der Waals surface area contributed by atoms with Gasteiger partial charge in [0.25, 0.3) is 5.91 Å². The number of benzene rings is 1. The molecule has 2 heterocycles. The van der Waals surface area contributed by atoms with Crippen LogP contribution in [0.4, 0.5) is 0 Å². The first-order chi connectivity index (χ1) is 18.3. The molecule has 9 heteroatoms.